The van der Waals surface area contributed by atoms with Crippen molar-refractivity contribution in [3.8, 4) is 5.75 Å². The van der Waals surface area contributed by atoms with Crippen molar-refractivity contribution >= 4 is 17.4 Å². The Morgan fingerprint density at radius 3 is 2.64 bits per heavy atom. The Hall–Kier alpha value is -2.80. The van der Waals surface area contributed by atoms with Gasteiger partial charge in [-0.15, -0.1) is 10.2 Å². The van der Waals surface area contributed by atoms with Crippen molar-refractivity contribution in [1.29, 1.82) is 0 Å². The highest BCUT2D eigenvalue weighted by molar-refractivity contribution is 7.98. The number of hydrogen-bond acceptors (Lipinski definition) is 5. The zero-order chi connectivity index (χ0) is 19.3. The predicted octanol–water partition coefficient (Wildman–Crippen LogP) is 4.38. The number of ether oxygens (including phenoxy) is 1. The minimum atomic E-state index is 0.404. The number of hydrogen-bond donors (Lipinski definition) is 0. The normalized spacial score (nSPS) is 11.2. The van der Waals surface area contributed by atoms with E-state index in [2.05, 4.69) is 51.9 Å². The quantitative estimate of drug-likeness (QED) is 0.416. The molecule has 4 aromatic rings. The first kappa shape index (κ1) is 18.6. The zero-order valence-corrected chi connectivity index (χ0v) is 16.9. The summed E-state index contributed by atoms with van der Waals surface area (Å²) in [7, 11) is 0. The monoisotopic (exact) mass is 393 g/mol. The topological polar surface area (TPSA) is 57.2 Å². The van der Waals surface area contributed by atoms with E-state index in [1.165, 1.54) is 5.56 Å². The minimum Gasteiger partial charge on any atom is -0.486 e. The van der Waals surface area contributed by atoms with Crippen LogP contribution in [0.25, 0.3) is 5.65 Å². The third-order valence-corrected chi connectivity index (χ3v) is 5.57. The van der Waals surface area contributed by atoms with Gasteiger partial charge in [-0.2, -0.15) is 0 Å². The second-order valence-electron chi connectivity index (χ2n) is 6.42. The maximum Gasteiger partial charge on any atom is 0.191 e. The number of fused-ring (bicyclic) bond motifs is 1. The van der Waals surface area contributed by atoms with Gasteiger partial charge in [-0.1, -0.05) is 36.9 Å². The van der Waals surface area contributed by atoms with Gasteiger partial charge in [0.15, 0.2) is 11.0 Å². The fourth-order valence-electron chi connectivity index (χ4n) is 3.01. The summed E-state index contributed by atoms with van der Waals surface area (Å²) in [6, 6.07) is 14.2. The van der Waals surface area contributed by atoms with E-state index in [4.69, 9.17) is 4.74 Å². The standard InChI is InChI=1S/C21H23N5OS/c1-3-16-8-10-18(11-9-16)27-14-20-23-24-21(26(20)4-2)28-15-17-13-25-12-6-5-7-19(25)22-17/h5-13H,3-4,14-15H2,1-2H3. The highest BCUT2D eigenvalue weighted by Crippen LogP contribution is 2.23. The Kier molecular flexibility index (Phi) is 5.62. The second-order valence-corrected chi connectivity index (χ2v) is 7.36. The molecule has 0 radical (unpaired) electrons. The van der Waals surface area contributed by atoms with Crippen LogP contribution in [0.4, 0.5) is 0 Å². The summed E-state index contributed by atoms with van der Waals surface area (Å²) in [5.74, 6) is 2.43. The van der Waals surface area contributed by atoms with Gasteiger partial charge < -0.3 is 13.7 Å². The number of imidazole rings is 1. The zero-order valence-electron chi connectivity index (χ0n) is 16.1. The van der Waals surface area contributed by atoms with Crippen LogP contribution in [-0.4, -0.2) is 24.1 Å². The van der Waals surface area contributed by atoms with Crippen molar-refractivity contribution < 1.29 is 4.74 Å². The van der Waals surface area contributed by atoms with Crippen LogP contribution < -0.4 is 4.74 Å². The van der Waals surface area contributed by atoms with Gasteiger partial charge in [0.05, 0.1) is 5.69 Å². The number of aromatic nitrogens is 5. The van der Waals surface area contributed by atoms with Crippen LogP contribution in [0.3, 0.4) is 0 Å². The number of aryl methyl sites for hydroxylation is 1. The summed E-state index contributed by atoms with van der Waals surface area (Å²) in [6.07, 6.45) is 5.09. The lowest BCUT2D eigenvalue weighted by Gasteiger charge is -2.09. The minimum absolute atomic E-state index is 0.404. The molecular formula is C21H23N5OS. The molecule has 0 bridgehead atoms. The van der Waals surface area contributed by atoms with Gasteiger partial charge in [-0.25, -0.2) is 4.98 Å². The molecule has 0 aliphatic heterocycles. The van der Waals surface area contributed by atoms with E-state index in [1.807, 2.05) is 40.9 Å². The van der Waals surface area contributed by atoms with Gasteiger partial charge in [0.2, 0.25) is 0 Å². The van der Waals surface area contributed by atoms with Crippen LogP contribution >= 0.6 is 11.8 Å². The number of pyridine rings is 1. The average molecular weight is 394 g/mol. The third kappa shape index (κ3) is 4.04. The van der Waals surface area contributed by atoms with Crippen LogP contribution in [0.15, 0.2) is 60.0 Å². The Morgan fingerprint density at radius 1 is 1.04 bits per heavy atom. The Morgan fingerprint density at radius 2 is 1.89 bits per heavy atom. The molecule has 28 heavy (non-hydrogen) atoms. The molecule has 0 N–H and O–H groups in total. The average Bonchev–Trinajstić information content (AvgIpc) is 3.33. The smallest absolute Gasteiger partial charge is 0.191 e. The molecule has 0 saturated carbocycles. The van der Waals surface area contributed by atoms with E-state index in [1.54, 1.807) is 11.8 Å². The first-order chi connectivity index (χ1) is 13.8. The Labute approximate surface area is 168 Å². The highest BCUT2D eigenvalue weighted by atomic mass is 32.2. The molecule has 0 atom stereocenters. The van der Waals surface area contributed by atoms with Crippen LogP contribution in [0.1, 0.15) is 30.9 Å². The number of rotatable bonds is 8. The van der Waals surface area contributed by atoms with Crippen molar-refractivity contribution in [3.05, 3.63) is 71.9 Å². The second kappa shape index (κ2) is 8.48. The number of benzene rings is 1. The van der Waals surface area contributed by atoms with Crippen LogP contribution in [0.2, 0.25) is 0 Å². The third-order valence-electron chi connectivity index (χ3n) is 4.57. The van der Waals surface area contributed by atoms with Crippen LogP contribution in [-0.2, 0) is 25.3 Å². The highest BCUT2D eigenvalue weighted by Gasteiger charge is 2.13. The summed E-state index contributed by atoms with van der Waals surface area (Å²) in [5.41, 5.74) is 3.28. The van der Waals surface area contributed by atoms with E-state index in [-0.39, 0.29) is 0 Å². The molecule has 4 rings (SSSR count). The maximum atomic E-state index is 5.90. The fraction of sp³-hybridized carbons (Fsp3) is 0.286. The van der Waals surface area contributed by atoms with Crippen molar-refractivity contribution in [3.63, 3.8) is 0 Å². The molecule has 144 valence electrons. The first-order valence-electron chi connectivity index (χ1n) is 9.46. The molecule has 0 saturated heterocycles. The maximum absolute atomic E-state index is 5.90. The lowest BCUT2D eigenvalue weighted by atomic mass is 10.2. The number of thioether (sulfide) groups is 1. The molecule has 1 aromatic carbocycles. The fourth-order valence-corrected chi connectivity index (χ4v) is 3.92. The van der Waals surface area contributed by atoms with E-state index >= 15 is 0 Å². The molecule has 0 spiro atoms. The summed E-state index contributed by atoms with van der Waals surface area (Å²) >= 11 is 1.65. The van der Waals surface area contributed by atoms with Gasteiger partial charge in [-0.05, 0) is 43.2 Å². The molecule has 3 aromatic heterocycles. The summed E-state index contributed by atoms with van der Waals surface area (Å²) < 4.78 is 10.0. The Balaban J connectivity index is 1.41. The van der Waals surface area contributed by atoms with Gasteiger partial charge in [0, 0.05) is 24.7 Å². The predicted molar refractivity (Wildman–Crippen MR) is 111 cm³/mol. The van der Waals surface area contributed by atoms with E-state index in [9.17, 15) is 0 Å². The van der Waals surface area contributed by atoms with Crippen molar-refractivity contribution in [1.82, 2.24) is 24.1 Å². The van der Waals surface area contributed by atoms with Gasteiger partial charge in [-0.3, -0.25) is 0 Å². The van der Waals surface area contributed by atoms with Crippen LogP contribution in [0.5, 0.6) is 5.75 Å². The molecule has 6 nitrogen and oxygen atoms in total. The Bertz CT molecular complexity index is 1020. The van der Waals surface area contributed by atoms with Crippen molar-refractivity contribution in [2.24, 2.45) is 0 Å². The molecule has 0 aliphatic rings. The molecular weight excluding hydrogens is 370 g/mol. The molecule has 7 heteroatoms. The van der Waals surface area contributed by atoms with E-state index < -0.39 is 0 Å². The summed E-state index contributed by atoms with van der Waals surface area (Å²) in [6.45, 7) is 5.44. The molecule has 0 fully saturated rings. The lowest BCUT2D eigenvalue weighted by molar-refractivity contribution is 0.288. The first-order valence-corrected chi connectivity index (χ1v) is 10.4. The summed E-state index contributed by atoms with van der Waals surface area (Å²) in [5, 5.41) is 9.58. The molecule has 0 aliphatic carbocycles. The molecule has 0 unspecified atom stereocenters. The molecule has 0 amide bonds. The van der Waals surface area contributed by atoms with Crippen molar-refractivity contribution in [2.75, 3.05) is 0 Å². The SMILES string of the molecule is CCc1ccc(OCc2nnc(SCc3cn4ccccc4n3)n2CC)cc1. The molecule has 3 heterocycles. The van der Waals surface area contributed by atoms with Gasteiger partial charge in [0.25, 0.3) is 0 Å². The lowest BCUT2D eigenvalue weighted by Crippen LogP contribution is -2.07. The summed E-state index contributed by atoms with van der Waals surface area (Å²) in [4.78, 5) is 4.64. The van der Waals surface area contributed by atoms with Gasteiger partial charge in [0.1, 0.15) is 18.0 Å². The largest absolute Gasteiger partial charge is 0.486 e. The van der Waals surface area contributed by atoms with Gasteiger partial charge >= 0.3 is 0 Å². The van der Waals surface area contributed by atoms with Crippen molar-refractivity contribution in [2.45, 2.75) is 44.3 Å². The van der Waals surface area contributed by atoms with Crippen LogP contribution in [0, 0.1) is 0 Å². The van der Waals surface area contributed by atoms with E-state index in [0.717, 1.165) is 46.8 Å². The number of nitrogens with zero attached hydrogens (tertiary/aromatic N) is 5. The van der Waals surface area contributed by atoms with E-state index in [0.29, 0.717) is 6.61 Å².